The molecular weight excluding hydrogens is 443 g/mol. The summed E-state index contributed by atoms with van der Waals surface area (Å²) in [4.78, 5) is 11.7. The molecule has 5 rings (SSSR count). The van der Waals surface area contributed by atoms with Crippen molar-refractivity contribution < 1.29 is 0 Å². The summed E-state index contributed by atoms with van der Waals surface area (Å²) in [6.07, 6.45) is 12.6. The largest absolute Gasteiger partial charge is 0.357 e. The van der Waals surface area contributed by atoms with Crippen molar-refractivity contribution in [3.8, 4) is 17.2 Å². The fourth-order valence-corrected chi connectivity index (χ4v) is 5.13. The highest BCUT2D eigenvalue weighted by Gasteiger charge is 2.22. The van der Waals surface area contributed by atoms with E-state index < -0.39 is 0 Å². The fourth-order valence-electron chi connectivity index (χ4n) is 5.13. The van der Waals surface area contributed by atoms with E-state index in [1.807, 2.05) is 24.7 Å². The van der Waals surface area contributed by atoms with E-state index in [0.29, 0.717) is 22.9 Å². The van der Waals surface area contributed by atoms with Gasteiger partial charge in [0.15, 0.2) is 0 Å². The monoisotopic (exact) mass is 474 g/mol. The summed E-state index contributed by atoms with van der Waals surface area (Å²) in [5, 5.41) is 14.1. The minimum absolute atomic E-state index is 0.520. The van der Waals surface area contributed by atoms with Gasteiger partial charge in [0.2, 0.25) is 0 Å². The molecule has 1 saturated heterocycles. The van der Waals surface area contributed by atoms with Crippen molar-refractivity contribution >= 4 is 24.6 Å². The zero-order valence-corrected chi connectivity index (χ0v) is 21.1. The quantitative estimate of drug-likeness (QED) is 0.369. The van der Waals surface area contributed by atoms with E-state index in [2.05, 4.69) is 59.2 Å². The Morgan fingerprint density at radius 1 is 1.11 bits per heavy atom. The third-order valence-corrected chi connectivity index (χ3v) is 7.24. The number of aryl methyl sites for hydroxylation is 1. The second-order valence-corrected chi connectivity index (χ2v) is 10.2. The molecular formula is C29H31BN6. The number of hydrogen-bond acceptors (Lipinski definition) is 5. The number of aromatic nitrogens is 4. The number of pyridine rings is 3. The van der Waals surface area contributed by atoms with Crippen molar-refractivity contribution in [3.05, 3.63) is 71.9 Å². The highest BCUT2D eigenvalue weighted by molar-refractivity contribution is 6.38. The van der Waals surface area contributed by atoms with E-state index in [9.17, 15) is 5.26 Å². The van der Waals surface area contributed by atoms with Gasteiger partial charge in [-0.25, -0.2) is 9.50 Å². The van der Waals surface area contributed by atoms with Crippen LogP contribution in [0.25, 0.3) is 16.6 Å². The first-order chi connectivity index (χ1) is 17.5. The van der Waals surface area contributed by atoms with Crippen molar-refractivity contribution in [2.24, 2.45) is 11.8 Å². The molecule has 1 aliphatic heterocycles. The van der Waals surface area contributed by atoms with E-state index in [1.54, 1.807) is 10.7 Å². The molecule has 0 amide bonds. The second-order valence-electron chi connectivity index (χ2n) is 10.2. The molecule has 7 heteroatoms. The van der Waals surface area contributed by atoms with E-state index in [-0.39, 0.29) is 0 Å². The molecule has 0 saturated carbocycles. The summed E-state index contributed by atoms with van der Waals surface area (Å²) in [7, 11) is 6.72. The maximum Gasteiger partial charge on any atom is 0.128 e. The van der Waals surface area contributed by atoms with Crippen LogP contribution in [0, 0.1) is 23.2 Å². The first-order valence-corrected chi connectivity index (χ1v) is 12.8. The van der Waals surface area contributed by atoms with Crippen LogP contribution in [0.1, 0.15) is 49.9 Å². The third-order valence-electron chi connectivity index (χ3n) is 7.24. The van der Waals surface area contributed by atoms with Gasteiger partial charge in [0.05, 0.1) is 17.3 Å². The van der Waals surface area contributed by atoms with Gasteiger partial charge in [-0.3, -0.25) is 4.98 Å². The highest BCUT2D eigenvalue weighted by Crippen LogP contribution is 2.29. The molecule has 0 unspecified atom stereocenters. The van der Waals surface area contributed by atoms with Gasteiger partial charge < -0.3 is 4.90 Å². The molecule has 1 fully saturated rings. The second kappa shape index (κ2) is 10.5. The lowest BCUT2D eigenvalue weighted by Gasteiger charge is -2.32. The topological polar surface area (TPSA) is 70.1 Å². The number of piperidine rings is 1. The predicted octanol–water partition coefficient (Wildman–Crippen LogP) is 4.50. The molecule has 6 nitrogen and oxygen atoms in total. The Labute approximate surface area is 214 Å². The standard InChI is InChI=1S/C29H31BN6/c1-20(2)6-7-23-19-36-29(24(16-31)18-34-36)27(28(23)30)22-8-9-26(33-17-22)35-13-10-21(11-14-35)15-25-5-3-4-12-32-25/h3-5,8-9,12,17-21H,6-7,10-11,13-15H2,1-2H3. The van der Waals surface area contributed by atoms with Gasteiger partial charge in [0, 0.05) is 48.5 Å². The maximum absolute atomic E-state index is 9.69. The fraction of sp³-hybridized carbons (Fsp3) is 0.379. The predicted molar refractivity (Wildman–Crippen MR) is 145 cm³/mol. The maximum atomic E-state index is 9.69. The summed E-state index contributed by atoms with van der Waals surface area (Å²) in [6, 6.07) is 12.6. The number of rotatable bonds is 7. The van der Waals surface area contributed by atoms with Crippen molar-refractivity contribution in [1.29, 1.82) is 5.26 Å². The van der Waals surface area contributed by atoms with Crippen molar-refractivity contribution in [3.63, 3.8) is 0 Å². The first kappa shape index (κ1) is 24.1. The van der Waals surface area contributed by atoms with Crippen LogP contribution in [0.4, 0.5) is 5.82 Å². The molecule has 0 spiro atoms. The average Bonchev–Trinajstić information content (AvgIpc) is 3.31. The van der Waals surface area contributed by atoms with Gasteiger partial charge in [-0.15, -0.1) is 0 Å². The van der Waals surface area contributed by atoms with Gasteiger partial charge in [0.1, 0.15) is 19.7 Å². The Balaban J connectivity index is 1.37. The minimum atomic E-state index is 0.520. The molecule has 36 heavy (non-hydrogen) atoms. The van der Waals surface area contributed by atoms with E-state index in [4.69, 9.17) is 12.8 Å². The lowest BCUT2D eigenvalue weighted by molar-refractivity contribution is 0.399. The van der Waals surface area contributed by atoms with Crippen LogP contribution >= 0.6 is 0 Å². The third kappa shape index (κ3) is 4.99. The van der Waals surface area contributed by atoms with Gasteiger partial charge in [-0.05, 0) is 73.8 Å². The normalized spacial score (nSPS) is 14.4. The Morgan fingerprint density at radius 3 is 2.61 bits per heavy atom. The molecule has 2 radical (unpaired) electrons. The first-order valence-electron chi connectivity index (χ1n) is 12.8. The molecule has 0 atom stereocenters. The summed E-state index contributed by atoms with van der Waals surface area (Å²) < 4.78 is 1.79. The number of anilines is 1. The highest BCUT2D eigenvalue weighted by atomic mass is 15.2. The van der Waals surface area contributed by atoms with Gasteiger partial charge in [-0.1, -0.05) is 25.4 Å². The van der Waals surface area contributed by atoms with Gasteiger partial charge in [0.25, 0.3) is 0 Å². The Morgan fingerprint density at radius 2 is 1.94 bits per heavy atom. The van der Waals surface area contributed by atoms with Crippen molar-refractivity contribution in [1.82, 2.24) is 19.6 Å². The lowest BCUT2D eigenvalue weighted by atomic mass is 9.81. The van der Waals surface area contributed by atoms with Gasteiger partial charge >= 0.3 is 0 Å². The molecule has 0 bridgehead atoms. The lowest BCUT2D eigenvalue weighted by Crippen LogP contribution is -2.34. The van der Waals surface area contributed by atoms with E-state index >= 15 is 0 Å². The van der Waals surface area contributed by atoms with Crippen LogP contribution < -0.4 is 10.4 Å². The molecule has 0 N–H and O–H groups in total. The minimum Gasteiger partial charge on any atom is -0.357 e. The Kier molecular flexibility index (Phi) is 7.04. The van der Waals surface area contributed by atoms with Crippen molar-refractivity contribution in [2.75, 3.05) is 18.0 Å². The van der Waals surface area contributed by atoms with Crippen LogP contribution in [0.5, 0.6) is 0 Å². The van der Waals surface area contributed by atoms with E-state index in [0.717, 1.165) is 73.2 Å². The average molecular weight is 474 g/mol. The van der Waals surface area contributed by atoms with Crippen LogP contribution in [0.15, 0.2) is 55.1 Å². The molecule has 4 aromatic heterocycles. The van der Waals surface area contributed by atoms with Crippen LogP contribution in [0.2, 0.25) is 0 Å². The summed E-state index contributed by atoms with van der Waals surface area (Å²) in [5.74, 6) is 2.21. The summed E-state index contributed by atoms with van der Waals surface area (Å²) in [6.45, 7) is 6.40. The van der Waals surface area contributed by atoms with Crippen LogP contribution in [-0.2, 0) is 12.8 Å². The molecule has 180 valence electrons. The SMILES string of the molecule is [B]c1c(CCC(C)C)cn2ncc(C#N)c2c1-c1ccc(N2CCC(Cc3ccccn3)CC2)nc1. The summed E-state index contributed by atoms with van der Waals surface area (Å²) >= 11 is 0. The Bertz CT molecular complexity index is 1360. The smallest absolute Gasteiger partial charge is 0.128 e. The molecule has 0 aliphatic carbocycles. The van der Waals surface area contributed by atoms with E-state index in [1.165, 1.54) is 5.69 Å². The molecule has 0 aromatic carbocycles. The number of nitrogens with zero attached hydrogens (tertiary/aromatic N) is 6. The number of nitriles is 1. The molecule has 4 aromatic rings. The van der Waals surface area contributed by atoms with Crippen molar-refractivity contribution in [2.45, 2.75) is 46.0 Å². The number of fused-ring (bicyclic) bond motifs is 1. The Hall–Kier alpha value is -3.66. The van der Waals surface area contributed by atoms with Crippen LogP contribution in [-0.4, -0.2) is 40.5 Å². The zero-order chi connectivity index (χ0) is 25.1. The van der Waals surface area contributed by atoms with Crippen LogP contribution in [0.3, 0.4) is 0 Å². The van der Waals surface area contributed by atoms with Gasteiger partial charge in [-0.2, -0.15) is 10.4 Å². The molecule has 1 aliphatic rings. The number of hydrogen-bond donors (Lipinski definition) is 0. The molecule has 5 heterocycles. The summed E-state index contributed by atoms with van der Waals surface area (Å²) in [5.41, 5.74) is 5.96. The zero-order valence-electron chi connectivity index (χ0n) is 21.1.